The summed E-state index contributed by atoms with van der Waals surface area (Å²) < 4.78 is 17.8. The van der Waals surface area contributed by atoms with Crippen molar-refractivity contribution in [1.82, 2.24) is 86.4 Å². The van der Waals surface area contributed by atoms with E-state index in [4.69, 9.17) is 39.9 Å². The molecule has 0 spiro atoms. The number of benzene rings is 17. The second kappa shape index (κ2) is 35.0. The van der Waals surface area contributed by atoms with E-state index in [0.717, 1.165) is 188 Å². The zero-order chi connectivity index (χ0) is 96.2. The fourth-order valence-corrected chi connectivity index (χ4v) is 21.8. The molecule has 0 N–H and O–H groups in total. The first-order chi connectivity index (χ1) is 72.5. The van der Waals surface area contributed by atoms with Gasteiger partial charge in [-0.3, -0.25) is 28.2 Å². The van der Waals surface area contributed by atoms with Crippen LogP contribution >= 0.6 is 0 Å². The summed E-state index contributed by atoms with van der Waals surface area (Å²) >= 11 is 0. The Morgan fingerprint density at radius 1 is 0.137 bits per heavy atom. The maximum Gasteiger partial charge on any atom is 0.235 e. The van der Waals surface area contributed by atoms with Gasteiger partial charge in [-0.1, -0.05) is 322 Å². The summed E-state index contributed by atoms with van der Waals surface area (Å²) in [6.45, 7) is 0. The molecule has 0 amide bonds. The van der Waals surface area contributed by atoms with Crippen LogP contribution in [0.25, 0.3) is 255 Å². The lowest BCUT2D eigenvalue weighted by Gasteiger charge is -2.13. The topological polar surface area (TPSA) is 168 Å². The fourth-order valence-electron chi connectivity index (χ4n) is 21.8. The van der Waals surface area contributed by atoms with E-state index in [1.165, 1.54) is 43.1 Å². The third-order valence-corrected chi connectivity index (χ3v) is 28.0. The molecular weight excluding hydrogens is 1790 g/mol. The summed E-state index contributed by atoms with van der Waals surface area (Å²) in [5.41, 5.74) is 30.9. The van der Waals surface area contributed by atoms with Crippen LogP contribution < -0.4 is 0 Å². The summed E-state index contributed by atoms with van der Waals surface area (Å²) in [7, 11) is 0. The lowest BCUT2D eigenvalue weighted by molar-refractivity contribution is 1.01. The number of rotatable bonds is 11. The van der Waals surface area contributed by atoms with Crippen LogP contribution in [-0.2, 0) is 0 Å². The number of hydrogen-bond acceptors (Lipinski definition) is 10. The highest BCUT2D eigenvalue weighted by Gasteiger charge is 2.29. The minimum absolute atomic E-state index is 0.651. The van der Waals surface area contributed by atoms with Crippen molar-refractivity contribution < 1.29 is 0 Å². The van der Waals surface area contributed by atoms with Crippen LogP contribution in [0.15, 0.2) is 498 Å². The Bertz CT molecular complexity index is 9580. The van der Waals surface area contributed by atoms with Crippen LogP contribution in [0.3, 0.4) is 0 Å². The van der Waals surface area contributed by atoms with Crippen LogP contribution in [0.5, 0.6) is 0 Å². The summed E-state index contributed by atoms with van der Waals surface area (Å²) in [6, 6.07) is 162. The van der Waals surface area contributed by atoms with Gasteiger partial charge in [0.1, 0.15) is 39.1 Å². The number of nitrogens with zero attached hydrogens (tertiary/aromatic N) is 18. The molecule has 14 heterocycles. The molecule has 18 heteroatoms. The molecule has 31 rings (SSSR count). The second-order valence-corrected chi connectivity index (χ2v) is 36.2. The summed E-state index contributed by atoms with van der Waals surface area (Å²) in [5, 5.41) is 13.9. The molecule has 0 fully saturated rings. The van der Waals surface area contributed by atoms with Crippen LogP contribution in [0.1, 0.15) is 0 Å². The Kier molecular flexibility index (Phi) is 20.1. The molecule has 0 radical (unpaired) electrons. The van der Waals surface area contributed by atoms with Crippen molar-refractivity contribution in [1.29, 1.82) is 0 Å². The van der Waals surface area contributed by atoms with E-state index >= 15 is 0 Å². The molecule has 0 atom stereocenters. The molecule has 0 unspecified atom stereocenters. The molecule has 17 aromatic carbocycles. The highest BCUT2D eigenvalue weighted by atomic mass is 15.2. The van der Waals surface area contributed by atoms with E-state index in [0.29, 0.717) is 23.8 Å². The molecule has 146 heavy (non-hydrogen) atoms. The molecule has 0 aliphatic rings. The van der Waals surface area contributed by atoms with Gasteiger partial charge >= 0.3 is 0 Å². The molecule has 0 aliphatic heterocycles. The van der Waals surface area contributed by atoms with Crippen LogP contribution in [-0.4, -0.2) is 86.4 Å². The standard InChI is InChI=1S/C34H22N4.2C33H21N5.C28H18N4/c1-3-13-23(14-4-1)31-33-32(27-19-9-12-22-30(27)37(33)24-15-5-2-6-16-24)36-34(35-31)38-28-20-10-7-17-25(28)26-18-8-11-21-29(26)38;2*1-2-10-23(11-3-1)37-29-17-9-6-14-26(29)31-32(37)30(22-18-20-34-21-19-22)35-33(36-31)38-27-15-7-4-12-24(27)25-13-5-8-16-28(25)38;1-2-10-19(11-3-1)31-25-17-9-6-14-22(25)27-26(31)18-29-28(30-27)32-23-15-7-4-12-20(23)21-13-5-8-16-24(21)32/h1-22H;2*1-21H;1-18H. The van der Waals surface area contributed by atoms with Gasteiger partial charge < -0.3 is 18.3 Å². The minimum atomic E-state index is 0.651. The first-order valence-corrected chi connectivity index (χ1v) is 48.8. The molecule has 0 bridgehead atoms. The predicted octanol–water partition coefficient (Wildman–Crippen LogP) is 30.5. The summed E-state index contributed by atoms with van der Waals surface area (Å²) in [4.78, 5) is 50.4. The zero-order valence-corrected chi connectivity index (χ0v) is 78.4. The van der Waals surface area contributed by atoms with Crippen LogP contribution in [0.2, 0.25) is 0 Å². The molecule has 0 saturated carbocycles. The highest BCUT2D eigenvalue weighted by Crippen LogP contribution is 2.46. The largest absolute Gasteiger partial charge is 0.306 e. The Morgan fingerprint density at radius 3 is 0.596 bits per heavy atom. The average molecular weight is 1870 g/mol. The van der Waals surface area contributed by atoms with Gasteiger partial charge in [0.2, 0.25) is 23.8 Å². The van der Waals surface area contributed by atoms with Crippen molar-refractivity contribution in [3.05, 3.63) is 498 Å². The predicted molar refractivity (Wildman–Crippen MR) is 595 cm³/mol. The maximum absolute atomic E-state index is 5.33. The fraction of sp³-hybridized carbons (Fsp3) is 0. The Balaban J connectivity index is 0.0000000945. The third kappa shape index (κ3) is 13.7. The molecule has 14 aromatic heterocycles. The van der Waals surface area contributed by atoms with E-state index in [9.17, 15) is 0 Å². The van der Waals surface area contributed by atoms with Gasteiger partial charge in [0.25, 0.3) is 0 Å². The van der Waals surface area contributed by atoms with Crippen molar-refractivity contribution in [3.8, 4) is 80.3 Å². The number of para-hydroxylation sites is 16. The summed E-state index contributed by atoms with van der Waals surface area (Å²) in [5.74, 6) is 2.66. The molecule has 31 aromatic rings. The number of fused-ring (bicyclic) bond motifs is 24. The normalized spacial score (nSPS) is 11.7. The molecule has 0 saturated heterocycles. The van der Waals surface area contributed by atoms with Crippen LogP contribution in [0.4, 0.5) is 0 Å². The van der Waals surface area contributed by atoms with Crippen molar-refractivity contribution >= 4 is 175 Å². The van der Waals surface area contributed by atoms with Gasteiger partial charge in [0.05, 0.1) is 94.5 Å². The average Bonchev–Trinajstić information content (AvgIpc) is 1.56. The Labute approximate surface area is 834 Å². The third-order valence-electron chi connectivity index (χ3n) is 28.0. The van der Waals surface area contributed by atoms with E-state index in [-0.39, 0.29) is 0 Å². The number of hydrogen-bond donors (Lipinski definition) is 0. The van der Waals surface area contributed by atoms with Gasteiger partial charge in [-0.05, 0) is 146 Å². The van der Waals surface area contributed by atoms with Crippen molar-refractivity contribution in [2.45, 2.75) is 0 Å². The lowest BCUT2D eigenvalue weighted by Crippen LogP contribution is -2.04. The first kappa shape index (κ1) is 83.9. The van der Waals surface area contributed by atoms with E-state index in [1.807, 2.05) is 85.6 Å². The van der Waals surface area contributed by atoms with Crippen LogP contribution in [0, 0.1) is 0 Å². The highest BCUT2D eigenvalue weighted by molar-refractivity contribution is 6.18. The second-order valence-electron chi connectivity index (χ2n) is 36.2. The van der Waals surface area contributed by atoms with Gasteiger partial charge in [-0.15, -0.1) is 0 Å². The van der Waals surface area contributed by atoms with Crippen molar-refractivity contribution in [2.75, 3.05) is 0 Å². The van der Waals surface area contributed by atoms with Gasteiger partial charge in [-0.25, -0.2) is 39.9 Å². The molecule has 18 nitrogen and oxygen atoms in total. The number of pyridine rings is 2. The smallest absolute Gasteiger partial charge is 0.235 e. The monoisotopic (exact) mass is 1870 g/mol. The molecule has 684 valence electrons. The lowest BCUT2D eigenvalue weighted by atomic mass is 10.1. The van der Waals surface area contributed by atoms with Gasteiger partial charge in [0, 0.05) is 129 Å². The van der Waals surface area contributed by atoms with Crippen molar-refractivity contribution in [3.63, 3.8) is 0 Å². The Morgan fingerprint density at radius 2 is 0.329 bits per heavy atom. The SMILES string of the molecule is c1ccc(-c2nc(-n3c4ccccc4c4ccccc43)nc3c4ccccc4n(-c4ccccc4)c23)cc1.c1ccc(-n2c3ccccc3c3nc(-n4c5ccccc5c5ccccc54)nc(-c4ccncc4)c32)cc1.c1ccc(-n2c3ccccc3c3nc(-n4c5ccccc5c5ccccc54)nc(-c4ccncc4)c32)cc1.c1ccc(-n2c3ccccc3c3nc(-n4c5ccccc5c5ccccc54)ncc32)cc1. The van der Waals surface area contributed by atoms with E-state index < -0.39 is 0 Å². The number of aromatic nitrogens is 18. The van der Waals surface area contributed by atoms with Gasteiger partial charge in [0.15, 0.2) is 0 Å². The van der Waals surface area contributed by atoms with E-state index in [1.54, 1.807) is 0 Å². The first-order valence-electron chi connectivity index (χ1n) is 48.8. The van der Waals surface area contributed by atoms with E-state index in [2.05, 4.69) is 459 Å². The zero-order valence-electron chi connectivity index (χ0n) is 78.4. The van der Waals surface area contributed by atoms with Gasteiger partial charge in [-0.2, -0.15) is 0 Å². The summed E-state index contributed by atoms with van der Waals surface area (Å²) in [6.07, 6.45) is 9.23. The Hall–Kier alpha value is -20.2. The molecular formula is C128H82N18. The quantitative estimate of drug-likeness (QED) is 0.121. The maximum atomic E-state index is 5.33. The van der Waals surface area contributed by atoms with Crippen molar-refractivity contribution in [2.24, 2.45) is 0 Å². The minimum Gasteiger partial charge on any atom is -0.306 e. The molecule has 0 aliphatic carbocycles.